The first-order chi connectivity index (χ1) is 9.55. The fourth-order valence-corrected chi connectivity index (χ4v) is 1.89. The van der Waals surface area contributed by atoms with E-state index in [1.54, 1.807) is 0 Å². The molecular weight excluding hydrogens is 326 g/mol. The molecule has 0 amide bonds. The van der Waals surface area contributed by atoms with Crippen LogP contribution in [0.5, 0.6) is 5.75 Å². The molecule has 1 unspecified atom stereocenters. The van der Waals surface area contributed by atoms with Crippen LogP contribution in [0.25, 0.3) is 0 Å². The third-order valence-corrected chi connectivity index (χ3v) is 3.78. The minimum atomic E-state index is -0.751. The fourth-order valence-electron chi connectivity index (χ4n) is 1.63. The SMILES string of the molecule is CCC(CO)(CO)NCC(O)COc1ccc(Br)cc1. The number of nitrogens with one attached hydrogen (secondary N) is 1. The first-order valence-electron chi connectivity index (χ1n) is 6.58. The second kappa shape index (κ2) is 8.59. The van der Waals surface area contributed by atoms with Crippen molar-refractivity contribution in [3.63, 3.8) is 0 Å². The molecule has 0 fully saturated rings. The molecule has 4 N–H and O–H groups in total. The van der Waals surface area contributed by atoms with E-state index in [-0.39, 0.29) is 26.4 Å². The standard InChI is InChI=1S/C14H22BrNO4/c1-2-14(9-17,10-18)16-7-12(19)8-20-13-5-3-11(15)4-6-13/h3-6,12,16-19H,2,7-10H2,1H3. The van der Waals surface area contributed by atoms with Crippen LogP contribution in [0.2, 0.25) is 0 Å². The lowest BCUT2D eigenvalue weighted by Crippen LogP contribution is -2.54. The molecule has 1 atom stereocenters. The number of hydrogen-bond donors (Lipinski definition) is 4. The predicted octanol–water partition coefficient (Wildman–Crippen LogP) is 0.912. The van der Waals surface area contributed by atoms with Gasteiger partial charge in [0.15, 0.2) is 0 Å². The van der Waals surface area contributed by atoms with Crippen molar-refractivity contribution in [1.29, 1.82) is 0 Å². The quantitative estimate of drug-likeness (QED) is 0.533. The molecule has 0 saturated heterocycles. The maximum atomic E-state index is 9.85. The van der Waals surface area contributed by atoms with E-state index in [0.29, 0.717) is 12.2 Å². The molecule has 0 aliphatic heterocycles. The van der Waals surface area contributed by atoms with Crippen LogP contribution in [0.1, 0.15) is 13.3 Å². The molecular formula is C14H22BrNO4. The van der Waals surface area contributed by atoms with E-state index >= 15 is 0 Å². The topological polar surface area (TPSA) is 82.0 Å². The fraction of sp³-hybridized carbons (Fsp3) is 0.571. The number of benzene rings is 1. The van der Waals surface area contributed by atoms with Crippen LogP contribution >= 0.6 is 15.9 Å². The average molecular weight is 348 g/mol. The highest BCUT2D eigenvalue weighted by Gasteiger charge is 2.26. The summed E-state index contributed by atoms with van der Waals surface area (Å²) in [5.41, 5.74) is -0.751. The molecule has 20 heavy (non-hydrogen) atoms. The summed E-state index contributed by atoms with van der Waals surface area (Å²) in [5, 5.41) is 31.4. The smallest absolute Gasteiger partial charge is 0.119 e. The van der Waals surface area contributed by atoms with Crippen LogP contribution in [0.4, 0.5) is 0 Å². The number of rotatable bonds is 9. The van der Waals surface area contributed by atoms with Crippen LogP contribution in [0.3, 0.4) is 0 Å². The van der Waals surface area contributed by atoms with E-state index in [2.05, 4.69) is 21.2 Å². The number of hydrogen-bond acceptors (Lipinski definition) is 5. The maximum absolute atomic E-state index is 9.85. The number of aliphatic hydroxyl groups is 3. The first kappa shape index (κ1) is 17.4. The van der Waals surface area contributed by atoms with E-state index in [1.807, 2.05) is 31.2 Å². The molecule has 0 saturated carbocycles. The number of aliphatic hydroxyl groups excluding tert-OH is 3. The molecule has 0 radical (unpaired) electrons. The molecule has 5 nitrogen and oxygen atoms in total. The van der Waals surface area contributed by atoms with Crippen molar-refractivity contribution in [2.24, 2.45) is 0 Å². The van der Waals surface area contributed by atoms with Crippen molar-refractivity contribution >= 4 is 15.9 Å². The zero-order valence-electron chi connectivity index (χ0n) is 11.6. The van der Waals surface area contributed by atoms with E-state index < -0.39 is 11.6 Å². The minimum absolute atomic E-state index is 0.144. The number of β-amino-alcohol motifs (C(OH)–C–C–N with tert-alkyl or cyclic N) is 1. The Morgan fingerprint density at radius 2 is 1.85 bits per heavy atom. The van der Waals surface area contributed by atoms with Crippen LogP contribution in [-0.4, -0.2) is 53.3 Å². The largest absolute Gasteiger partial charge is 0.491 e. The Bertz CT molecular complexity index is 373. The van der Waals surface area contributed by atoms with Gasteiger partial charge >= 0.3 is 0 Å². The lowest BCUT2D eigenvalue weighted by molar-refractivity contribution is 0.0568. The second-order valence-corrected chi connectivity index (χ2v) is 5.67. The van der Waals surface area contributed by atoms with Crippen molar-refractivity contribution in [3.05, 3.63) is 28.7 Å². The van der Waals surface area contributed by atoms with Gasteiger partial charge in [-0.05, 0) is 30.7 Å². The molecule has 0 aliphatic rings. The van der Waals surface area contributed by atoms with Crippen molar-refractivity contribution in [2.75, 3.05) is 26.4 Å². The van der Waals surface area contributed by atoms with E-state index in [4.69, 9.17) is 4.74 Å². The lowest BCUT2D eigenvalue weighted by Gasteiger charge is -2.30. The molecule has 1 aromatic carbocycles. The summed E-state index contributed by atoms with van der Waals surface area (Å²) >= 11 is 3.33. The molecule has 6 heteroatoms. The molecule has 114 valence electrons. The van der Waals surface area contributed by atoms with Crippen molar-refractivity contribution in [2.45, 2.75) is 25.0 Å². The van der Waals surface area contributed by atoms with Crippen molar-refractivity contribution in [1.82, 2.24) is 5.32 Å². The third-order valence-electron chi connectivity index (χ3n) is 3.25. The third kappa shape index (κ3) is 5.38. The Kier molecular flexibility index (Phi) is 7.47. The van der Waals surface area contributed by atoms with Gasteiger partial charge in [-0.15, -0.1) is 0 Å². The van der Waals surface area contributed by atoms with E-state index in [9.17, 15) is 15.3 Å². The molecule has 0 aliphatic carbocycles. The number of ether oxygens (including phenoxy) is 1. The Morgan fingerprint density at radius 3 is 2.35 bits per heavy atom. The van der Waals surface area contributed by atoms with Gasteiger partial charge in [0.25, 0.3) is 0 Å². The summed E-state index contributed by atoms with van der Waals surface area (Å²) in [6.45, 7) is 1.89. The molecule has 0 spiro atoms. The highest BCUT2D eigenvalue weighted by molar-refractivity contribution is 9.10. The highest BCUT2D eigenvalue weighted by Crippen LogP contribution is 2.16. The predicted molar refractivity (Wildman–Crippen MR) is 80.8 cm³/mol. The molecule has 0 aromatic heterocycles. The molecule has 1 rings (SSSR count). The molecule has 1 aromatic rings. The van der Waals surface area contributed by atoms with Crippen LogP contribution in [0.15, 0.2) is 28.7 Å². The van der Waals surface area contributed by atoms with Gasteiger partial charge in [-0.2, -0.15) is 0 Å². The van der Waals surface area contributed by atoms with E-state index in [1.165, 1.54) is 0 Å². The van der Waals surface area contributed by atoms with Crippen LogP contribution in [-0.2, 0) is 0 Å². The maximum Gasteiger partial charge on any atom is 0.119 e. The summed E-state index contributed by atoms with van der Waals surface area (Å²) in [6, 6.07) is 7.34. The average Bonchev–Trinajstić information content (AvgIpc) is 2.48. The van der Waals surface area contributed by atoms with E-state index in [0.717, 1.165) is 4.47 Å². The highest BCUT2D eigenvalue weighted by atomic mass is 79.9. The normalized spacial score (nSPS) is 13.2. The summed E-state index contributed by atoms with van der Waals surface area (Å²) in [5.74, 6) is 0.679. The summed E-state index contributed by atoms with van der Waals surface area (Å²) < 4.78 is 6.42. The summed E-state index contributed by atoms with van der Waals surface area (Å²) in [7, 11) is 0. The van der Waals surface area contributed by atoms with Gasteiger partial charge in [-0.1, -0.05) is 22.9 Å². The Labute approximate surface area is 127 Å². The van der Waals surface area contributed by atoms with Gasteiger partial charge in [0.2, 0.25) is 0 Å². The van der Waals surface area contributed by atoms with Gasteiger partial charge in [0, 0.05) is 11.0 Å². The van der Waals surface area contributed by atoms with Crippen LogP contribution in [0, 0.1) is 0 Å². The number of halogens is 1. The van der Waals surface area contributed by atoms with Crippen molar-refractivity contribution in [3.8, 4) is 5.75 Å². The van der Waals surface area contributed by atoms with Gasteiger partial charge < -0.3 is 25.4 Å². The Hall–Kier alpha value is -0.660. The Balaban J connectivity index is 2.36. The van der Waals surface area contributed by atoms with Crippen LogP contribution < -0.4 is 10.1 Å². The second-order valence-electron chi connectivity index (χ2n) is 4.75. The van der Waals surface area contributed by atoms with Gasteiger partial charge in [-0.25, -0.2) is 0 Å². The van der Waals surface area contributed by atoms with Gasteiger partial charge in [0.05, 0.1) is 18.8 Å². The van der Waals surface area contributed by atoms with Crippen molar-refractivity contribution < 1.29 is 20.1 Å². The zero-order chi connectivity index (χ0) is 15.0. The summed E-state index contributed by atoms with van der Waals surface area (Å²) in [4.78, 5) is 0. The molecule has 0 bridgehead atoms. The van der Waals surface area contributed by atoms with Gasteiger partial charge in [-0.3, -0.25) is 0 Å². The lowest BCUT2D eigenvalue weighted by atomic mass is 9.98. The minimum Gasteiger partial charge on any atom is -0.491 e. The monoisotopic (exact) mass is 347 g/mol. The first-order valence-corrected chi connectivity index (χ1v) is 7.37. The van der Waals surface area contributed by atoms with Gasteiger partial charge in [0.1, 0.15) is 18.5 Å². The summed E-state index contributed by atoms with van der Waals surface area (Å²) in [6.07, 6.45) is -0.150. The Morgan fingerprint density at radius 1 is 1.25 bits per heavy atom. The zero-order valence-corrected chi connectivity index (χ0v) is 13.1. The molecule has 0 heterocycles.